The van der Waals surface area contributed by atoms with Crippen LogP contribution in [0.4, 0.5) is 13.2 Å². The van der Waals surface area contributed by atoms with E-state index in [2.05, 4.69) is 5.32 Å². The van der Waals surface area contributed by atoms with Gasteiger partial charge in [-0.1, -0.05) is 6.07 Å². The molecule has 2 amide bonds. The van der Waals surface area contributed by atoms with Crippen LogP contribution in [0.3, 0.4) is 0 Å². The molecular formula is C17H21F3N2O2. The molecule has 1 N–H and O–H groups in total. The first kappa shape index (κ1) is 18.3. The van der Waals surface area contributed by atoms with Crippen LogP contribution >= 0.6 is 0 Å². The van der Waals surface area contributed by atoms with Crippen LogP contribution in [-0.4, -0.2) is 42.5 Å². The zero-order valence-corrected chi connectivity index (χ0v) is 13.7. The monoisotopic (exact) mass is 342 g/mol. The highest BCUT2D eigenvalue weighted by Gasteiger charge is 2.43. The van der Waals surface area contributed by atoms with E-state index in [9.17, 15) is 22.8 Å². The minimum Gasteiger partial charge on any atom is -0.352 e. The maximum absolute atomic E-state index is 12.4. The highest BCUT2D eigenvalue weighted by molar-refractivity contribution is 5.94. The van der Waals surface area contributed by atoms with Gasteiger partial charge in [0, 0.05) is 25.2 Å². The number of piperidine rings is 1. The first-order valence-electron chi connectivity index (χ1n) is 7.90. The van der Waals surface area contributed by atoms with Crippen molar-refractivity contribution in [2.75, 3.05) is 19.6 Å². The number of benzene rings is 1. The van der Waals surface area contributed by atoms with Gasteiger partial charge in [-0.15, -0.1) is 0 Å². The standard InChI is InChI=1S/C17H21F3N2O2/c1-11-3-4-14(9-12(11)2)15(23)21-10-13-5-7-22(8-6-13)16(24)17(18,19)20/h3-4,9,13H,5-8,10H2,1-2H3,(H,21,23). The van der Waals surface area contributed by atoms with Gasteiger partial charge in [-0.2, -0.15) is 13.2 Å². The van der Waals surface area contributed by atoms with Crippen molar-refractivity contribution >= 4 is 11.8 Å². The quantitative estimate of drug-likeness (QED) is 0.918. The molecule has 1 saturated heterocycles. The molecule has 1 heterocycles. The Morgan fingerprint density at radius 1 is 1.17 bits per heavy atom. The van der Waals surface area contributed by atoms with Gasteiger partial charge in [-0.05, 0) is 55.9 Å². The number of aryl methyl sites for hydroxylation is 2. The van der Waals surface area contributed by atoms with Gasteiger partial charge in [0.1, 0.15) is 0 Å². The van der Waals surface area contributed by atoms with Gasteiger partial charge in [0.25, 0.3) is 5.91 Å². The summed E-state index contributed by atoms with van der Waals surface area (Å²) in [5, 5.41) is 2.83. The Morgan fingerprint density at radius 3 is 2.33 bits per heavy atom. The summed E-state index contributed by atoms with van der Waals surface area (Å²) in [4.78, 5) is 24.1. The Morgan fingerprint density at radius 2 is 1.79 bits per heavy atom. The maximum Gasteiger partial charge on any atom is 0.471 e. The third kappa shape index (κ3) is 4.49. The number of carbonyl (C=O) groups excluding carboxylic acids is 2. The van der Waals surface area contributed by atoms with Crippen LogP contribution < -0.4 is 5.32 Å². The molecule has 0 bridgehead atoms. The summed E-state index contributed by atoms with van der Waals surface area (Å²) < 4.78 is 37.2. The highest BCUT2D eigenvalue weighted by atomic mass is 19.4. The molecule has 0 atom stereocenters. The molecular weight excluding hydrogens is 321 g/mol. The summed E-state index contributed by atoms with van der Waals surface area (Å²) in [5.41, 5.74) is 2.71. The van der Waals surface area contributed by atoms with E-state index in [0.717, 1.165) is 16.0 Å². The number of halogens is 3. The molecule has 0 aliphatic carbocycles. The SMILES string of the molecule is Cc1ccc(C(=O)NCC2CCN(C(=O)C(F)(F)F)CC2)cc1C. The number of carbonyl (C=O) groups is 2. The van der Waals surface area contributed by atoms with Crippen LogP contribution in [0.25, 0.3) is 0 Å². The molecule has 1 aromatic rings. The number of nitrogens with zero attached hydrogens (tertiary/aromatic N) is 1. The van der Waals surface area contributed by atoms with Crippen LogP contribution in [0, 0.1) is 19.8 Å². The predicted molar refractivity (Wildman–Crippen MR) is 83.6 cm³/mol. The fourth-order valence-electron chi connectivity index (χ4n) is 2.74. The number of amides is 2. The fraction of sp³-hybridized carbons (Fsp3) is 0.529. The minimum atomic E-state index is -4.82. The molecule has 1 aliphatic heterocycles. The second kappa shape index (κ2) is 7.23. The molecule has 24 heavy (non-hydrogen) atoms. The Kier molecular flexibility index (Phi) is 5.51. The molecule has 7 heteroatoms. The first-order chi connectivity index (χ1) is 11.2. The van der Waals surface area contributed by atoms with E-state index < -0.39 is 12.1 Å². The van der Waals surface area contributed by atoms with E-state index in [0.29, 0.717) is 24.9 Å². The van der Waals surface area contributed by atoms with E-state index in [1.165, 1.54) is 0 Å². The van der Waals surface area contributed by atoms with Crippen molar-refractivity contribution in [1.29, 1.82) is 0 Å². The molecule has 0 unspecified atom stereocenters. The number of nitrogens with one attached hydrogen (secondary N) is 1. The Bertz CT molecular complexity index is 621. The van der Waals surface area contributed by atoms with Crippen molar-refractivity contribution in [2.24, 2.45) is 5.92 Å². The lowest BCUT2D eigenvalue weighted by molar-refractivity contribution is -0.186. The van der Waals surface area contributed by atoms with E-state index in [-0.39, 0.29) is 24.9 Å². The summed E-state index contributed by atoms with van der Waals surface area (Å²) in [7, 11) is 0. The molecule has 0 saturated carbocycles. The predicted octanol–water partition coefficient (Wildman–Crippen LogP) is 2.83. The molecule has 1 aromatic carbocycles. The topological polar surface area (TPSA) is 49.4 Å². The van der Waals surface area contributed by atoms with E-state index in [4.69, 9.17) is 0 Å². The number of alkyl halides is 3. The van der Waals surface area contributed by atoms with Crippen molar-refractivity contribution < 1.29 is 22.8 Å². The average Bonchev–Trinajstić information content (AvgIpc) is 2.54. The smallest absolute Gasteiger partial charge is 0.352 e. The number of likely N-dealkylation sites (tertiary alicyclic amines) is 1. The van der Waals surface area contributed by atoms with Crippen molar-refractivity contribution in [1.82, 2.24) is 10.2 Å². The van der Waals surface area contributed by atoms with Crippen LogP contribution in [-0.2, 0) is 4.79 Å². The lowest BCUT2D eigenvalue weighted by Crippen LogP contribution is -2.46. The van der Waals surface area contributed by atoms with Gasteiger partial charge in [0.2, 0.25) is 0 Å². The van der Waals surface area contributed by atoms with Crippen LogP contribution in [0.15, 0.2) is 18.2 Å². The van der Waals surface area contributed by atoms with Crippen LogP contribution in [0.2, 0.25) is 0 Å². The van der Waals surface area contributed by atoms with Crippen molar-refractivity contribution in [2.45, 2.75) is 32.9 Å². The Balaban J connectivity index is 1.81. The van der Waals surface area contributed by atoms with Crippen molar-refractivity contribution in [3.05, 3.63) is 34.9 Å². The van der Waals surface area contributed by atoms with Gasteiger partial charge in [0.05, 0.1) is 0 Å². The summed E-state index contributed by atoms with van der Waals surface area (Å²) in [6, 6.07) is 5.45. The minimum absolute atomic E-state index is 0.0719. The van der Waals surface area contributed by atoms with Crippen molar-refractivity contribution in [3.63, 3.8) is 0 Å². The fourth-order valence-corrected chi connectivity index (χ4v) is 2.74. The summed E-state index contributed by atoms with van der Waals surface area (Å²) in [6.07, 6.45) is -3.91. The number of hydrogen-bond acceptors (Lipinski definition) is 2. The molecule has 132 valence electrons. The third-order valence-electron chi connectivity index (χ3n) is 4.46. The molecule has 0 spiro atoms. The molecule has 1 fully saturated rings. The zero-order chi connectivity index (χ0) is 17.9. The second-order valence-corrected chi connectivity index (χ2v) is 6.24. The second-order valence-electron chi connectivity index (χ2n) is 6.24. The summed E-state index contributed by atoms with van der Waals surface area (Å²) in [5.74, 6) is -1.88. The first-order valence-corrected chi connectivity index (χ1v) is 7.90. The van der Waals surface area contributed by atoms with Crippen LogP contribution in [0.1, 0.15) is 34.3 Å². The van der Waals surface area contributed by atoms with Crippen LogP contribution in [0.5, 0.6) is 0 Å². The summed E-state index contributed by atoms with van der Waals surface area (Å²) >= 11 is 0. The van der Waals surface area contributed by atoms with Crippen molar-refractivity contribution in [3.8, 4) is 0 Å². The summed E-state index contributed by atoms with van der Waals surface area (Å²) in [6.45, 7) is 4.44. The van der Waals surface area contributed by atoms with Gasteiger partial charge in [-0.3, -0.25) is 9.59 Å². The maximum atomic E-state index is 12.4. The Hall–Kier alpha value is -2.05. The molecule has 4 nitrogen and oxygen atoms in total. The largest absolute Gasteiger partial charge is 0.471 e. The van der Waals surface area contributed by atoms with Gasteiger partial charge in [-0.25, -0.2) is 0 Å². The molecule has 0 aromatic heterocycles. The molecule has 2 rings (SSSR count). The Labute approximate surface area is 139 Å². The third-order valence-corrected chi connectivity index (χ3v) is 4.46. The molecule has 0 radical (unpaired) electrons. The lowest BCUT2D eigenvalue weighted by atomic mass is 9.96. The lowest BCUT2D eigenvalue weighted by Gasteiger charge is -2.32. The van der Waals surface area contributed by atoms with E-state index in [1.807, 2.05) is 26.0 Å². The zero-order valence-electron chi connectivity index (χ0n) is 13.7. The average molecular weight is 342 g/mol. The van der Waals surface area contributed by atoms with Gasteiger partial charge >= 0.3 is 12.1 Å². The van der Waals surface area contributed by atoms with E-state index >= 15 is 0 Å². The normalized spacial score (nSPS) is 16.1. The van der Waals surface area contributed by atoms with Gasteiger partial charge in [0.15, 0.2) is 0 Å². The number of rotatable bonds is 3. The molecule has 1 aliphatic rings. The van der Waals surface area contributed by atoms with Gasteiger partial charge < -0.3 is 10.2 Å². The van der Waals surface area contributed by atoms with E-state index in [1.54, 1.807) is 6.07 Å². The highest BCUT2D eigenvalue weighted by Crippen LogP contribution is 2.23. The number of hydrogen-bond donors (Lipinski definition) is 1.